The quantitative estimate of drug-likeness (QED) is 0.917. The van der Waals surface area contributed by atoms with Crippen LogP contribution in [-0.2, 0) is 10.0 Å². The number of nitrogens with zero attached hydrogens (tertiary/aromatic N) is 1. The lowest BCUT2D eigenvalue weighted by molar-refractivity contribution is 0.0923. The number of fused-ring (bicyclic) bond motifs is 2. The van der Waals surface area contributed by atoms with Gasteiger partial charge in [0.1, 0.15) is 0 Å². The molecular formula is C17H24N2O3S. The largest absolute Gasteiger partial charge is 0.349 e. The van der Waals surface area contributed by atoms with Crippen LogP contribution in [0.3, 0.4) is 0 Å². The van der Waals surface area contributed by atoms with E-state index in [0.717, 1.165) is 17.9 Å². The summed E-state index contributed by atoms with van der Waals surface area (Å²) >= 11 is 0. The SMILES string of the molecule is Cc1cc(C(=O)N[C@H]2C[C@H]3CC[C@H]2C3)ccc1N(C)S(C)(=O)=O. The van der Waals surface area contributed by atoms with Gasteiger partial charge in [-0.3, -0.25) is 9.10 Å². The Labute approximate surface area is 138 Å². The molecule has 0 unspecified atom stereocenters. The van der Waals surface area contributed by atoms with Gasteiger partial charge >= 0.3 is 0 Å². The zero-order valence-corrected chi connectivity index (χ0v) is 14.7. The van der Waals surface area contributed by atoms with Crippen molar-refractivity contribution in [1.82, 2.24) is 5.32 Å². The van der Waals surface area contributed by atoms with Crippen LogP contribution in [0.15, 0.2) is 18.2 Å². The lowest BCUT2D eigenvalue weighted by Gasteiger charge is -2.23. The van der Waals surface area contributed by atoms with Crippen molar-refractivity contribution in [3.63, 3.8) is 0 Å². The van der Waals surface area contributed by atoms with Gasteiger partial charge in [0.2, 0.25) is 10.0 Å². The Hall–Kier alpha value is -1.56. The van der Waals surface area contributed by atoms with Crippen LogP contribution in [0.25, 0.3) is 0 Å². The van der Waals surface area contributed by atoms with Gasteiger partial charge in [-0.1, -0.05) is 6.42 Å². The molecule has 0 aliphatic heterocycles. The summed E-state index contributed by atoms with van der Waals surface area (Å²) in [4.78, 5) is 12.5. The van der Waals surface area contributed by atoms with Gasteiger partial charge in [-0.15, -0.1) is 0 Å². The zero-order valence-electron chi connectivity index (χ0n) is 13.9. The van der Waals surface area contributed by atoms with Crippen LogP contribution in [0.1, 0.15) is 41.6 Å². The molecule has 2 bridgehead atoms. The first-order chi connectivity index (χ1) is 10.8. The van der Waals surface area contributed by atoms with Crippen molar-refractivity contribution in [2.45, 2.75) is 38.6 Å². The Kier molecular flexibility index (Phi) is 4.12. The van der Waals surface area contributed by atoms with Crippen molar-refractivity contribution < 1.29 is 13.2 Å². The van der Waals surface area contributed by atoms with Crippen LogP contribution in [0.4, 0.5) is 5.69 Å². The molecular weight excluding hydrogens is 312 g/mol. The van der Waals surface area contributed by atoms with E-state index in [1.54, 1.807) is 18.2 Å². The van der Waals surface area contributed by atoms with E-state index >= 15 is 0 Å². The minimum atomic E-state index is -3.30. The molecule has 23 heavy (non-hydrogen) atoms. The van der Waals surface area contributed by atoms with E-state index in [1.165, 1.54) is 36.9 Å². The van der Waals surface area contributed by atoms with Gasteiger partial charge in [0.05, 0.1) is 11.9 Å². The van der Waals surface area contributed by atoms with Gasteiger partial charge in [-0.05, 0) is 61.8 Å². The first-order valence-electron chi connectivity index (χ1n) is 8.11. The highest BCUT2D eigenvalue weighted by atomic mass is 32.2. The summed E-state index contributed by atoms with van der Waals surface area (Å²) in [7, 11) is -1.78. The monoisotopic (exact) mass is 336 g/mol. The molecule has 0 saturated heterocycles. The first kappa shape index (κ1) is 16.3. The standard InChI is InChI=1S/C17H24N2O3S/c1-11-8-14(6-7-16(11)19(2)23(3,21)22)17(20)18-15-10-12-4-5-13(15)9-12/h6-8,12-13,15H,4-5,9-10H2,1-3H3,(H,18,20)/t12-,13-,15-/m0/s1. The van der Waals surface area contributed by atoms with Crippen LogP contribution >= 0.6 is 0 Å². The Morgan fingerprint density at radius 2 is 2.00 bits per heavy atom. The number of hydrogen-bond acceptors (Lipinski definition) is 3. The van der Waals surface area contributed by atoms with Gasteiger partial charge in [-0.25, -0.2) is 8.42 Å². The summed E-state index contributed by atoms with van der Waals surface area (Å²) in [6.45, 7) is 1.82. The summed E-state index contributed by atoms with van der Waals surface area (Å²) < 4.78 is 24.5. The van der Waals surface area contributed by atoms with Gasteiger partial charge < -0.3 is 5.32 Å². The number of sulfonamides is 1. The molecule has 1 aromatic rings. The van der Waals surface area contributed by atoms with Gasteiger partial charge in [0.15, 0.2) is 0 Å². The number of carbonyl (C=O) groups excluding carboxylic acids is 1. The molecule has 126 valence electrons. The number of aryl methyl sites for hydroxylation is 1. The number of nitrogens with one attached hydrogen (secondary N) is 1. The van der Waals surface area contributed by atoms with E-state index in [1.807, 2.05) is 6.92 Å². The average molecular weight is 336 g/mol. The highest BCUT2D eigenvalue weighted by Gasteiger charge is 2.40. The number of benzene rings is 1. The fraction of sp³-hybridized carbons (Fsp3) is 0.588. The average Bonchev–Trinajstić information content (AvgIpc) is 3.08. The maximum atomic E-state index is 12.5. The summed E-state index contributed by atoms with van der Waals surface area (Å²) in [5.74, 6) is 1.37. The molecule has 0 aromatic heterocycles. The molecule has 1 amide bonds. The molecule has 0 heterocycles. The highest BCUT2D eigenvalue weighted by Crippen LogP contribution is 2.44. The third kappa shape index (κ3) is 3.22. The minimum absolute atomic E-state index is 0.0563. The minimum Gasteiger partial charge on any atom is -0.349 e. The Balaban J connectivity index is 1.73. The lowest BCUT2D eigenvalue weighted by atomic mass is 9.95. The third-order valence-electron chi connectivity index (χ3n) is 5.35. The molecule has 2 fully saturated rings. The molecule has 2 aliphatic rings. The van der Waals surface area contributed by atoms with Crippen LogP contribution in [-0.4, -0.2) is 33.7 Å². The fourth-order valence-corrected chi connectivity index (χ4v) is 4.56. The highest BCUT2D eigenvalue weighted by molar-refractivity contribution is 7.92. The summed E-state index contributed by atoms with van der Waals surface area (Å²) in [6.07, 6.45) is 6.06. The van der Waals surface area contributed by atoms with Crippen LogP contribution in [0.2, 0.25) is 0 Å². The third-order valence-corrected chi connectivity index (χ3v) is 6.54. The van der Waals surface area contributed by atoms with Crippen LogP contribution in [0, 0.1) is 18.8 Å². The van der Waals surface area contributed by atoms with E-state index < -0.39 is 10.0 Å². The second kappa shape index (κ2) is 5.82. The van der Waals surface area contributed by atoms with E-state index in [2.05, 4.69) is 5.32 Å². The maximum Gasteiger partial charge on any atom is 0.251 e. The van der Waals surface area contributed by atoms with Crippen molar-refractivity contribution in [3.8, 4) is 0 Å². The molecule has 0 spiro atoms. The van der Waals surface area contributed by atoms with Gasteiger partial charge in [0.25, 0.3) is 5.91 Å². The molecule has 1 N–H and O–H groups in total. The predicted molar refractivity (Wildman–Crippen MR) is 91.1 cm³/mol. The number of carbonyl (C=O) groups is 1. The fourth-order valence-electron chi connectivity index (χ4n) is 4.00. The Morgan fingerprint density at radius 1 is 1.26 bits per heavy atom. The van der Waals surface area contributed by atoms with Crippen molar-refractivity contribution in [2.75, 3.05) is 17.6 Å². The number of hydrogen-bond donors (Lipinski definition) is 1. The van der Waals surface area contributed by atoms with Gasteiger partial charge in [0, 0.05) is 18.7 Å². The molecule has 1 aromatic carbocycles. The second-order valence-electron chi connectivity index (χ2n) is 6.99. The topological polar surface area (TPSA) is 66.5 Å². The van der Waals surface area contributed by atoms with Crippen molar-refractivity contribution in [3.05, 3.63) is 29.3 Å². The van der Waals surface area contributed by atoms with Crippen LogP contribution in [0.5, 0.6) is 0 Å². The van der Waals surface area contributed by atoms with Crippen molar-refractivity contribution in [2.24, 2.45) is 11.8 Å². The first-order valence-corrected chi connectivity index (χ1v) is 9.96. The van der Waals surface area contributed by atoms with E-state index in [-0.39, 0.29) is 5.91 Å². The number of anilines is 1. The number of amides is 1. The van der Waals surface area contributed by atoms with E-state index in [4.69, 9.17) is 0 Å². The molecule has 6 heteroatoms. The Morgan fingerprint density at radius 3 is 2.52 bits per heavy atom. The Bertz CT molecular complexity index is 729. The van der Waals surface area contributed by atoms with E-state index in [0.29, 0.717) is 23.2 Å². The maximum absolute atomic E-state index is 12.5. The van der Waals surface area contributed by atoms with Crippen molar-refractivity contribution >= 4 is 21.6 Å². The molecule has 3 atom stereocenters. The zero-order chi connectivity index (χ0) is 16.8. The molecule has 0 radical (unpaired) electrons. The molecule has 2 saturated carbocycles. The number of rotatable bonds is 4. The summed E-state index contributed by atoms with van der Waals surface area (Å²) in [5, 5.41) is 3.16. The van der Waals surface area contributed by atoms with Gasteiger partial charge in [-0.2, -0.15) is 0 Å². The second-order valence-corrected chi connectivity index (χ2v) is 9.00. The predicted octanol–water partition coefficient (Wildman–Crippen LogP) is 2.31. The smallest absolute Gasteiger partial charge is 0.251 e. The normalized spacial score (nSPS) is 26.3. The lowest BCUT2D eigenvalue weighted by Crippen LogP contribution is -2.38. The summed E-state index contributed by atoms with van der Waals surface area (Å²) in [5.41, 5.74) is 1.97. The molecule has 5 nitrogen and oxygen atoms in total. The summed E-state index contributed by atoms with van der Waals surface area (Å²) in [6, 6.07) is 5.47. The molecule has 2 aliphatic carbocycles. The molecule has 3 rings (SSSR count). The van der Waals surface area contributed by atoms with Crippen molar-refractivity contribution in [1.29, 1.82) is 0 Å². The van der Waals surface area contributed by atoms with E-state index in [9.17, 15) is 13.2 Å². The van der Waals surface area contributed by atoms with Crippen LogP contribution < -0.4 is 9.62 Å².